The summed E-state index contributed by atoms with van der Waals surface area (Å²) in [5.41, 5.74) is 0.881. The van der Waals surface area contributed by atoms with Crippen molar-refractivity contribution in [2.75, 3.05) is 20.2 Å². The molecular weight excluding hydrogens is 416 g/mol. The van der Waals surface area contributed by atoms with Crippen molar-refractivity contribution in [2.45, 2.75) is 24.3 Å². The molecule has 0 N–H and O–H groups in total. The lowest BCUT2D eigenvalue weighted by atomic mass is 10.1. The SMILES string of the molecule is COc1cc(C=CC(=O)c2ccc(S(=O)(=O)N3CCCC3)cc2)ccc1OC(F)F. The highest BCUT2D eigenvalue weighted by Crippen LogP contribution is 2.30. The first-order valence-electron chi connectivity index (χ1n) is 9.27. The zero-order chi connectivity index (χ0) is 21.7. The molecule has 160 valence electrons. The van der Waals surface area contributed by atoms with Crippen molar-refractivity contribution >= 4 is 21.9 Å². The van der Waals surface area contributed by atoms with Crippen LogP contribution in [-0.2, 0) is 10.0 Å². The van der Waals surface area contributed by atoms with Gasteiger partial charge in [-0.25, -0.2) is 8.42 Å². The van der Waals surface area contributed by atoms with Crippen LogP contribution in [0.2, 0.25) is 0 Å². The number of carbonyl (C=O) groups is 1. The number of ketones is 1. The maximum Gasteiger partial charge on any atom is 0.387 e. The third kappa shape index (κ3) is 5.03. The van der Waals surface area contributed by atoms with Crippen molar-refractivity contribution in [2.24, 2.45) is 0 Å². The van der Waals surface area contributed by atoms with Crippen molar-refractivity contribution < 1.29 is 31.5 Å². The van der Waals surface area contributed by atoms with Crippen molar-refractivity contribution in [1.82, 2.24) is 4.31 Å². The number of allylic oxidation sites excluding steroid dienone is 1. The first-order valence-corrected chi connectivity index (χ1v) is 10.7. The van der Waals surface area contributed by atoms with Crippen LogP contribution in [0.4, 0.5) is 8.78 Å². The number of carbonyl (C=O) groups excluding carboxylic acids is 1. The normalized spacial score (nSPS) is 15.1. The van der Waals surface area contributed by atoms with Gasteiger partial charge in [-0.3, -0.25) is 4.79 Å². The summed E-state index contributed by atoms with van der Waals surface area (Å²) in [6.45, 7) is -1.95. The lowest BCUT2D eigenvalue weighted by molar-refractivity contribution is -0.0512. The molecular formula is C21H21F2NO5S. The number of rotatable bonds is 8. The van der Waals surface area contributed by atoms with E-state index in [-0.39, 0.29) is 22.2 Å². The molecule has 6 nitrogen and oxygen atoms in total. The number of hydrogen-bond acceptors (Lipinski definition) is 5. The second-order valence-electron chi connectivity index (χ2n) is 6.62. The van der Waals surface area contributed by atoms with Gasteiger partial charge in [-0.15, -0.1) is 0 Å². The third-order valence-electron chi connectivity index (χ3n) is 4.67. The van der Waals surface area contributed by atoms with E-state index in [1.807, 2.05) is 0 Å². The maximum atomic E-state index is 12.5. The Morgan fingerprint density at radius 3 is 2.33 bits per heavy atom. The van der Waals surface area contributed by atoms with Gasteiger partial charge < -0.3 is 9.47 Å². The van der Waals surface area contributed by atoms with Crippen molar-refractivity contribution in [1.29, 1.82) is 0 Å². The van der Waals surface area contributed by atoms with Crippen LogP contribution >= 0.6 is 0 Å². The molecule has 0 saturated carbocycles. The van der Waals surface area contributed by atoms with E-state index in [9.17, 15) is 22.0 Å². The van der Waals surface area contributed by atoms with Gasteiger partial charge in [0.2, 0.25) is 10.0 Å². The molecule has 1 heterocycles. The van der Waals surface area contributed by atoms with E-state index < -0.39 is 16.6 Å². The fourth-order valence-corrected chi connectivity index (χ4v) is 4.64. The summed E-state index contributed by atoms with van der Waals surface area (Å²) in [7, 11) is -2.21. The molecule has 1 aliphatic heterocycles. The zero-order valence-electron chi connectivity index (χ0n) is 16.3. The molecule has 3 rings (SSSR count). The molecule has 0 unspecified atom stereocenters. The third-order valence-corrected chi connectivity index (χ3v) is 6.59. The van der Waals surface area contributed by atoms with Crippen LogP contribution in [0.1, 0.15) is 28.8 Å². The molecule has 0 amide bonds. The summed E-state index contributed by atoms with van der Waals surface area (Å²) in [6, 6.07) is 10.1. The second-order valence-corrected chi connectivity index (χ2v) is 8.56. The number of methoxy groups -OCH3 is 1. The standard InChI is InChI=1S/C21H21F2NO5S/c1-28-20-14-15(5-11-19(20)29-21(22)23)4-10-18(25)16-6-8-17(9-7-16)30(26,27)24-12-2-3-13-24/h4-11,14,21H,2-3,12-13H2,1H3. The van der Waals surface area contributed by atoms with Gasteiger partial charge in [-0.2, -0.15) is 13.1 Å². The summed E-state index contributed by atoms with van der Waals surface area (Å²) < 4.78 is 60.7. The minimum Gasteiger partial charge on any atom is -0.493 e. The Morgan fingerprint density at radius 2 is 1.73 bits per heavy atom. The topological polar surface area (TPSA) is 72.9 Å². The fourth-order valence-electron chi connectivity index (χ4n) is 3.12. The van der Waals surface area contributed by atoms with E-state index in [1.54, 1.807) is 0 Å². The molecule has 0 aliphatic carbocycles. The monoisotopic (exact) mass is 437 g/mol. The Labute approximate surface area is 173 Å². The first kappa shape index (κ1) is 21.9. The van der Waals surface area contributed by atoms with Crippen LogP contribution in [0.3, 0.4) is 0 Å². The molecule has 0 atom stereocenters. The van der Waals surface area contributed by atoms with Crippen LogP contribution in [0.5, 0.6) is 11.5 Å². The lowest BCUT2D eigenvalue weighted by Gasteiger charge is -2.15. The number of alkyl halides is 2. The molecule has 2 aromatic carbocycles. The number of hydrogen-bond donors (Lipinski definition) is 0. The smallest absolute Gasteiger partial charge is 0.387 e. The molecule has 2 aromatic rings. The molecule has 30 heavy (non-hydrogen) atoms. The molecule has 1 saturated heterocycles. The van der Waals surface area contributed by atoms with Crippen LogP contribution in [-0.4, -0.2) is 45.3 Å². The minimum absolute atomic E-state index is 0.106. The van der Waals surface area contributed by atoms with Crippen LogP contribution < -0.4 is 9.47 Å². The maximum absolute atomic E-state index is 12.5. The number of ether oxygens (including phenoxy) is 2. The van der Waals surface area contributed by atoms with E-state index in [1.165, 1.54) is 66.0 Å². The van der Waals surface area contributed by atoms with Gasteiger partial charge >= 0.3 is 6.61 Å². The van der Waals surface area contributed by atoms with Crippen LogP contribution in [0.25, 0.3) is 6.08 Å². The average Bonchev–Trinajstić information content (AvgIpc) is 3.28. The zero-order valence-corrected chi connectivity index (χ0v) is 17.1. The van der Waals surface area contributed by atoms with E-state index in [0.717, 1.165) is 12.8 Å². The average molecular weight is 437 g/mol. The van der Waals surface area contributed by atoms with Crippen molar-refractivity contribution in [3.8, 4) is 11.5 Å². The molecule has 0 radical (unpaired) electrons. The summed E-state index contributed by atoms with van der Waals surface area (Å²) in [5, 5.41) is 0. The number of nitrogens with zero attached hydrogens (tertiary/aromatic N) is 1. The van der Waals surface area contributed by atoms with Crippen molar-refractivity contribution in [3.05, 3.63) is 59.7 Å². The van der Waals surface area contributed by atoms with Crippen LogP contribution in [0.15, 0.2) is 53.4 Å². The number of benzene rings is 2. The molecule has 0 bridgehead atoms. The summed E-state index contributed by atoms with van der Waals surface area (Å²) in [6.07, 6.45) is 4.51. The Kier molecular flexibility index (Phi) is 6.84. The van der Waals surface area contributed by atoms with Gasteiger partial charge in [0.1, 0.15) is 0 Å². The van der Waals surface area contributed by atoms with E-state index in [2.05, 4.69) is 4.74 Å². The fraction of sp³-hybridized carbons (Fsp3) is 0.286. The molecule has 1 aliphatic rings. The van der Waals surface area contributed by atoms with Gasteiger partial charge in [0.15, 0.2) is 17.3 Å². The van der Waals surface area contributed by atoms with Gasteiger partial charge in [0, 0.05) is 18.7 Å². The van der Waals surface area contributed by atoms with Gasteiger partial charge in [0.25, 0.3) is 0 Å². The van der Waals surface area contributed by atoms with Gasteiger partial charge in [0.05, 0.1) is 12.0 Å². The van der Waals surface area contributed by atoms with E-state index >= 15 is 0 Å². The molecule has 0 aromatic heterocycles. The Balaban J connectivity index is 1.72. The Bertz CT molecular complexity index is 1030. The highest BCUT2D eigenvalue weighted by molar-refractivity contribution is 7.89. The van der Waals surface area contributed by atoms with E-state index in [4.69, 9.17) is 4.74 Å². The summed E-state index contributed by atoms with van der Waals surface area (Å²) in [5.74, 6) is -0.320. The lowest BCUT2D eigenvalue weighted by Crippen LogP contribution is -2.27. The number of sulfonamides is 1. The highest BCUT2D eigenvalue weighted by atomic mass is 32.2. The first-order chi connectivity index (χ1) is 14.3. The quantitative estimate of drug-likeness (QED) is 0.462. The minimum atomic E-state index is -3.53. The van der Waals surface area contributed by atoms with Gasteiger partial charge in [-0.1, -0.05) is 12.1 Å². The van der Waals surface area contributed by atoms with Crippen molar-refractivity contribution in [3.63, 3.8) is 0 Å². The Hall–Kier alpha value is -2.78. The molecule has 1 fully saturated rings. The van der Waals surface area contributed by atoms with Crippen LogP contribution in [0, 0.1) is 0 Å². The number of halogens is 2. The summed E-state index contributed by atoms with van der Waals surface area (Å²) in [4.78, 5) is 12.6. The predicted molar refractivity (Wildman–Crippen MR) is 107 cm³/mol. The second kappa shape index (κ2) is 9.36. The van der Waals surface area contributed by atoms with Gasteiger partial charge in [-0.05, 0) is 60.9 Å². The molecule has 0 spiro atoms. The largest absolute Gasteiger partial charge is 0.493 e. The Morgan fingerprint density at radius 1 is 1.07 bits per heavy atom. The summed E-state index contributed by atoms with van der Waals surface area (Å²) >= 11 is 0. The molecule has 9 heteroatoms. The highest BCUT2D eigenvalue weighted by Gasteiger charge is 2.27. The predicted octanol–water partition coefficient (Wildman–Crippen LogP) is 3.98. The van der Waals surface area contributed by atoms with E-state index in [0.29, 0.717) is 24.2 Å².